The number of halogens is 2. The third kappa shape index (κ3) is 2.47. The zero-order valence-corrected chi connectivity index (χ0v) is 12.0. The van der Waals surface area contributed by atoms with Gasteiger partial charge in [-0.05, 0) is 49.9 Å². The number of amides is 1. The van der Waals surface area contributed by atoms with Gasteiger partial charge in [-0.1, -0.05) is 29.3 Å². The van der Waals surface area contributed by atoms with E-state index in [1.165, 1.54) is 0 Å². The molecular weight excluding hydrogens is 283 g/mol. The van der Waals surface area contributed by atoms with Gasteiger partial charge in [0.15, 0.2) is 0 Å². The molecule has 0 aromatic heterocycles. The van der Waals surface area contributed by atoms with Crippen LogP contribution in [0.1, 0.15) is 19.3 Å². The molecule has 1 spiro atoms. The van der Waals surface area contributed by atoms with E-state index in [1.54, 1.807) is 18.2 Å². The number of para-hydroxylation sites is 1. The fourth-order valence-electron chi connectivity index (χ4n) is 3.02. The molecule has 1 aliphatic heterocycles. The monoisotopic (exact) mass is 298 g/mol. The second kappa shape index (κ2) is 4.97. The molecule has 1 unspecified atom stereocenters. The molecule has 3 nitrogen and oxygen atoms in total. The highest BCUT2D eigenvalue weighted by atomic mass is 35.5. The van der Waals surface area contributed by atoms with Crippen molar-refractivity contribution < 1.29 is 4.79 Å². The molecule has 1 saturated heterocycles. The van der Waals surface area contributed by atoms with E-state index in [2.05, 4.69) is 10.6 Å². The maximum atomic E-state index is 12.3. The average molecular weight is 299 g/mol. The van der Waals surface area contributed by atoms with Gasteiger partial charge in [-0.2, -0.15) is 0 Å². The van der Waals surface area contributed by atoms with Crippen molar-refractivity contribution in [3.05, 3.63) is 28.2 Å². The van der Waals surface area contributed by atoms with Crippen molar-refractivity contribution in [3.8, 4) is 0 Å². The number of hydrogen-bond donors (Lipinski definition) is 2. The minimum atomic E-state index is 0.0527. The van der Waals surface area contributed by atoms with E-state index in [4.69, 9.17) is 23.2 Å². The quantitative estimate of drug-likeness (QED) is 0.879. The molecule has 19 heavy (non-hydrogen) atoms. The Balaban J connectivity index is 1.70. The largest absolute Gasteiger partial charge is 0.323 e. The van der Waals surface area contributed by atoms with Crippen LogP contribution in [0.25, 0.3) is 0 Å². The third-order valence-corrected chi connectivity index (χ3v) is 4.95. The lowest BCUT2D eigenvalue weighted by atomic mass is 9.92. The first-order chi connectivity index (χ1) is 9.12. The maximum absolute atomic E-state index is 12.3. The molecule has 3 rings (SSSR count). The molecule has 1 aliphatic carbocycles. The normalized spacial score (nSPS) is 24.2. The molecule has 0 radical (unpaired) electrons. The van der Waals surface area contributed by atoms with Gasteiger partial charge in [0, 0.05) is 5.92 Å². The van der Waals surface area contributed by atoms with Crippen LogP contribution in [-0.4, -0.2) is 19.0 Å². The van der Waals surface area contributed by atoms with Crippen LogP contribution in [0, 0.1) is 11.3 Å². The summed E-state index contributed by atoms with van der Waals surface area (Å²) in [5.74, 6) is 0.166. The summed E-state index contributed by atoms with van der Waals surface area (Å²) in [5, 5.41) is 7.20. The molecule has 0 bridgehead atoms. The predicted octanol–water partition coefficient (Wildman–Crippen LogP) is 3.32. The Kier molecular flexibility index (Phi) is 3.46. The lowest BCUT2D eigenvalue weighted by Crippen LogP contribution is -2.31. The van der Waals surface area contributed by atoms with Gasteiger partial charge in [0.2, 0.25) is 5.91 Å². The molecule has 2 aliphatic rings. The number of benzene rings is 1. The van der Waals surface area contributed by atoms with Crippen molar-refractivity contribution in [2.45, 2.75) is 19.3 Å². The summed E-state index contributed by atoms with van der Waals surface area (Å²) in [7, 11) is 0. The summed E-state index contributed by atoms with van der Waals surface area (Å²) >= 11 is 12.1. The zero-order chi connectivity index (χ0) is 13.5. The van der Waals surface area contributed by atoms with E-state index in [0.717, 1.165) is 32.4 Å². The second-order valence-electron chi connectivity index (χ2n) is 5.45. The van der Waals surface area contributed by atoms with Crippen LogP contribution < -0.4 is 10.6 Å². The first-order valence-corrected chi connectivity index (χ1v) is 7.34. The fourth-order valence-corrected chi connectivity index (χ4v) is 3.52. The summed E-state index contributed by atoms with van der Waals surface area (Å²) in [6.45, 7) is 2.02. The molecule has 1 aromatic carbocycles. The van der Waals surface area contributed by atoms with Crippen LogP contribution in [0.4, 0.5) is 5.69 Å². The Morgan fingerprint density at radius 2 is 1.89 bits per heavy atom. The molecule has 2 N–H and O–H groups in total. The van der Waals surface area contributed by atoms with Crippen LogP contribution >= 0.6 is 23.2 Å². The van der Waals surface area contributed by atoms with Crippen LogP contribution in [-0.2, 0) is 4.79 Å². The van der Waals surface area contributed by atoms with Crippen molar-refractivity contribution in [1.29, 1.82) is 0 Å². The standard InChI is InChI=1S/C14H16Cl2N2O/c15-10-2-1-3-11(16)12(10)18-13(19)9-8-14(9)4-6-17-7-5-14/h1-3,9,17H,4-8H2,(H,18,19). The van der Waals surface area contributed by atoms with Crippen molar-refractivity contribution in [2.24, 2.45) is 11.3 Å². The Labute approximate surface area is 122 Å². The molecule has 2 fully saturated rings. The van der Waals surface area contributed by atoms with Crippen molar-refractivity contribution >= 4 is 34.8 Å². The molecular formula is C14H16Cl2N2O. The molecule has 1 heterocycles. The van der Waals surface area contributed by atoms with Crippen LogP contribution in [0.5, 0.6) is 0 Å². The highest BCUT2D eigenvalue weighted by molar-refractivity contribution is 6.39. The Morgan fingerprint density at radius 3 is 2.53 bits per heavy atom. The number of carbonyl (C=O) groups is 1. The number of carbonyl (C=O) groups excluding carboxylic acids is 1. The number of piperidine rings is 1. The van der Waals surface area contributed by atoms with Crippen LogP contribution in [0.2, 0.25) is 10.0 Å². The summed E-state index contributed by atoms with van der Waals surface area (Å²) in [4.78, 5) is 12.3. The number of rotatable bonds is 2. The Hall–Kier alpha value is -0.770. The SMILES string of the molecule is O=C(Nc1c(Cl)cccc1Cl)C1CC12CCNCC2. The van der Waals surface area contributed by atoms with Crippen molar-refractivity contribution in [1.82, 2.24) is 5.32 Å². The van der Waals surface area contributed by atoms with Crippen LogP contribution in [0.15, 0.2) is 18.2 Å². The third-order valence-electron chi connectivity index (χ3n) is 4.32. The smallest absolute Gasteiger partial charge is 0.228 e. The van der Waals surface area contributed by atoms with E-state index < -0.39 is 0 Å². The van der Waals surface area contributed by atoms with Gasteiger partial charge < -0.3 is 10.6 Å². The van der Waals surface area contributed by atoms with Crippen molar-refractivity contribution in [3.63, 3.8) is 0 Å². The second-order valence-corrected chi connectivity index (χ2v) is 6.27. The van der Waals surface area contributed by atoms with E-state index in [9.17, 15) is 4.79 Å². The number of nitrogens with one attached hydrogen (secondary N) is 2. The van der Waals surface area contributed by atoms with Crippen LogP contribution in [0.3, 0.4) is 0 Å². The maximum Gasteiger partial charge on any atom is 0.228 e. The number of hydrogen-bond acceptors (Lipinski definition) is 2. The first-order valence-electron chi connectivity index (χ1n) is 6.58. The summed E-state index contributed by atoms with van der Waals surface area (Å²) < 4.78 is 0. The minimum absolute atomic E-state index is 0.0527. The van der Waals surface area contributed by atoms with Gasteiger partial charge >= 0.3 is 0 Å². The van der Waals surface area contributed by atoms with Crippen molar-refractivity contribution in [2.75, 3.05) is 18.4 Å². The highest BCUT2D eigenvalue weighted by Crippen LogP contribution is 2.59. The topological polar surface area (TPSA) is 41.1 Å². The summed E-state index contributed by atoms with van der Waals surface area (Å²) in [6.07, 6.45) is 3.16. The van der Waals surface area contributed by atoms with Gasteiger partial charge in [-0.3, -0.25) is 4.79 Å². The van der Waals surface area contributed by atoms with E-state index >= 15 is 0 Å². The highest BCUT2D eigenvalue weighted by Gasteiger charge is 2.57. The molecule has 1 amide bonds. The van der Waals surface area contributed by atoms with Gasteiger partial charge in [0.25, 0.3) is 0 Å². The molecule has 5 heteroatoms. The first kappa shape index (κ1) is 13.2. The average Bonchev–Trinajstić information content (AvgIpc) is 3.08. The summed E-state index contributed by atoms with van der Waals surface area (Å²) in [5.41, 5.74) is 0.759. The van der Waals surface area contributed by atoms with Gasteiger partial charge in [0.05, 0.1) is 15.7 Å². The lowest BCUT2D eigenvalue weighted by molar-refractivity contribution is -0.118. The number of anilines is 1. The minimum Gasteiger partial charge on any atom is -0.323 e. The fraction of sp³-hybridized carbons (Fsp3) is 0.500. The zero-order valence-electron chi connectivity index (χ0n) is 10.5. The predicted molar refractivity (Wildman–Crippen MR) is 77.7 cm³/mol. The van der Waals surface area contributed by atoms with E-state index in [1.807, 2.05) is 0 Å². The molecule has 1 saturated carbocycles. The molecule has 1 aromatic rings. The van der Waals surface area contributed by atoms with Gasteiger partial charge in [-0.15, -0.1) is 0 Å². The van der Waals surface area contributed by atoms with E-state index in [0.29, 0.717) is 15.7 Å². The Morgan fingerprint density at radius 1 is 1.26 bits per heavy atom. The molecule has 102 valence electrons. The lowest BCUT2D eigenvalue weighted by Gasteiger charge is -2.23. The van der Waals surface area contributed by atoms with E-state index in [-0.39, 0.29) is 17.2 Å². The molecule has 1 atom stereocenters. The van der Waals surface area contributed by atoms with Gasteiger partial charge in [0.1, 0.15) is 0 Å². The summed E-state index contributed by atoms with van der Waals surface area (Å²) in [6, 6.07) is 5.23. The Bertz CT molecular complexity index is 492. The van der Waals surface area contributed by atoms with Gasteiger partial charge in [-0.25, -0.2) is 0 Å².